The second kappa shape index (κ2) is 42.3. The first-order valence-corrected chi connectivity index (χ1v) is 32.3. The Morgan fingerprint density at radius 3 is 0.619 bits per heavy atom. The summed E-state index contributed by atoms with van der Waals surface area (Å²) >= 11 is 0. The van der Waals surface area contributed by atoms with E-state index in [0.29, 0.717) is 55.2 Å². The van der Waals surface area contributed by atoms with Crippen LogP contribution in [0.15, 0.2) is 54.6 Å². The predicted molar refractivity (Wildman–Crippen MR) is 330 cm³/mol. The van der Waals surface area contributed by atoms with Gasteiger partial charge in [0.2, 0.25) is 0 Å². The highest BCUT2D eigenvalue weighted by atomic mass is 16.6. The van der Waals surface area contributed by atoms with Crippen LogP contribution in [-0.4, -0.2) is 50.8 Å². The molecule has 0 amide bonds. The molecule has 0 aliphatic heterocycles. The van der Waals surface area contributed by atoms with Crippen LogP contribution in [0.1, 0.15) is 273 Å². The summed E-state index contributed by atoms with van der Waals surface area (Å²) in [6.07, 6.45) is 29.1. The molecule has 15 nitrogen and oxygen atoms in total. The Kier molecular flexibility index (Phi) is 35.3. The minimum absolute atomic E-state index is 0.00903. The van der Waals surface area contributed by atoms with Crippen molar-refractivity contribution >= 4 is 35.8 Å². The molecule has 0 aliphatic rings. The van der Waals surface area contributed by atoms with Gasteiger partial charge in [0.05, 0.1) is 0 Å². The van der Waals surface area contributed by atoms with Crippen molar-refractivity contribution in [1.29, 1.82) is 0 Å². The topological polar surface area (TPSA) is 196 Å². The van der Waals surface area contributed by atoms with Crippen molar-refractivity contribution in [3.8, 4) is 68.7 Å². The van der Waals surface area contributed by atoms with Gasteiger partial charge in [-0.3, -0.25) is 28.8 Å². The first kappa shape index (κ1) is 70.0. The fourth-order valence-corrected chi connectivity index (χ4v) is 9.48. The number of hydrogen-bond acceptors (Lipinski definition) is 15. The summed E-state index contributed by atoms with van der Waals surface area (Å²) in [7, 11) is 0. The molecule has 15 heteroatoms. The van der Waals surface area contributed by atoms with Gasteiger partial charge in [0.15, 0.2) is 52.0 Å². The van der Waals surface area contributed by atoms with E-state index in [-0.39, 0.29) is 90.5 Å². The third-order valence-electron chi connectivity index (χ3n) is 14.5. The van der Waals surface area contributed by atoms with E-state index in [9.17, 15) is 28.8 Å². The molecule has 0 unspecified atom stereocenters. The lowest BCUT2D eigenvalue weighted by atomic mass is 10.1. The normalized spacial score (nSPS) is 11.1. The van der Waals surface area contributed by atoms with Crippen LogP contribution in [0.4, 0.5) is 0 Å². The maximum absolute atomic E-state index is 13.5. The van der Waals surface area contributed by atoms with Gasteiger partial charge in [0.25, 0.3) is 0 Å². The van der Waals surface area contributed by atoms with Gasteiger partial charge in [0.1, 0.15) is 0 Å². The molecular weight excluding hydrogens is 1060 g/mol. The first-order chi connectivity index (χ1) is 40.9. The van der Waals surface area contributed by atoms with E-state index in [2.05, 4.69) is 41.5 Å². The molecule has 1 aromatic heterocycles. The Bertz CT molecular complexity index is 2320. The SMILES string of the molecule is CCCCCCCC(=O)Oc1ccc(-c2nc(-c3ccc(OC(=O)CCCCCCC)c(OC(=O)CCCCCCC)c3)nc(-c3ccc(OC(=O)CCCCCCC)c(OC(=O)CCCCCCC)c3)n2)cc1OC(=O)CCCCCCC. The van der Waals surface area contributed by atoms with Crippen LogP contribution in [0, 0.1) is 0 Å². The zero-order chi connectivity index (χ0) is 60.6. The summed E-state index contributed by atoms with van der Waals surface area (Å²) in [5.41, 5.74) is 1.09. The number of ether oxygens (including phenoxy) is 6. The average Bonchev–Trinajstić information content (AvgIpc) is 3.21. The van der Waals surface area contributed by atoms with E-state index >= 15 is 0 Å². The van der Waals surface area contributed by atoms with Gasteiger partial charge in [0, 0.05) is 55.2 Å². The number of rotatable bonds is 45. The summed E-state index contributed by atoms with van der Waals surface area (Å²) in [5.74, 6) is -2.28. The van der Waals surface area contributed by atoms with Gasteiger partial charge in [-0.25, -0.2) is 15.0 Å². The minimum Gasteiger partial charge on any atom is -0.423 e. The summed E-state index contributed by atoms with van der Waals surface area (Å²) < 4.78 is 35.7. The Hall–Kier alpha value is -6.51. The molecule has 0 bridgehead atoms. The molecule has 0 aliphatic carbocycles. The molecule has 0 N–H and O–H groups in total. The van der Waals surface area contributed by atoms with E-state index in [1.54, 1.807) is 54.6 Å². The van der Waals surface area contributed by atoms with E-state index in [1.165, 1.54) is 0 Å². The molecule has 0 atom stereocenters. The summed E-state index contributed by atoms with van der Waals surface area (Å²) in [6, 6.07) is 14.3. The zero-order valence-corrected chi connectivity index (χ0v) is 51.9. The minimum atomic E-state index is -0.488. The van der Waals surface area contributed by atoms with Crippen molar-refractivity contribution in [2.24, 2.45) is 0 Å². The van der Waals surface area contributed by atoms with Gasteiger partial charge in [-0.2, -0.15) is 0 Å². The number of benzene rings is 3. The molecule has 84 heavy (non-hydrogen) atoms. The van der Waals surface area contributed by atoms with E-state index in [0.717, 1.165) is 154 Å². The highest BCUT2D eigenvalue weighted by Gasteiger charge is 2.23. The fraction of sp³-hybridized carbons (Fsp3) is 0.609. The van der Waals surface area contributed by atoms with Gasteiger partial charge < -0.3 is 28.4 Å². The Morgan fingerprint density at radius 1 is 0.250 bits per heavy atom. The monoisotopic (exact) mass is 1160 g/mol. The molecule has 4 aromatic rings. The highest BCUT2D eigenvalue weighted by Crippen LogP contribution is 2.38. The molecule has 0 saturated heterocycles. The lowest BCUT2D eigenvalue weighted by Crippen LogP contribution is -2.13. The summed E-state index contributed by atoms with van der Waals surface area (Å²) in [6.45, 7) is 12.8. The number of nitrogens with zero attached hydrogens (tertiary/aromatic N) is 3. The lowest BCUT2D eigenvalue weighted by Gasteiger charge is -2.15. The van der Waals surface area contributed by atoms with Crippen LogP contribution < -0.4 is 28.4 Å². The third-order valence-corrected chi connectivity index (χ3v) is 14.5. The van der Waals surface area contributed by atoms with Crippen molar-refractivity contribution in [1.82, 2.24) is 15.0 Å². The maximum Gasteiger partial charge on any atom is 0.311 e. The number of esters is 6. The number of aromatic nitrogens is 3. The van der Waals surface area contributed by atoms with Gasteiger partial charge in [-0.05, 0) is 93.1 Å². The quantitative estimate of drug-likeness (QED) is 0.0230. The van der Waals surface area contributed by atoms with Gasteiger partial charge in [-0.1, -0.05) is 196 Å². The number of carbonyl (C=O) groups is 6. The molecule has 0 spiro atoms. The van der Waals surface area contributed by atoms with Crippen LogP contribution in [-0.2, 0) is 28.8 Å². The number of carbonyl (C=O) groups excluding carboxylic acids is 6. The van der Waals surface area contributed by atoms with Crippen molar-refractivity contribution in [3.63, 3.8) is 0 Å². The largest absolute Gasteiger partial charge is 0.423 e. The Labute approximate surface area is 501 Å². The van der Waals surface area contributed by atoms with Crippen molar-refractivity contribution in [3.05, 3.63) is 54.6 Å². The molecule has 0 saturated carbocycles. The van der Waals surface area contributed by atoms with Crippen molar-refractivity contribution in [2.75, 3.05) is 0 Å². The second-order valence-electron chi connectivity index (χ2n) is 22.1. The smallest absolute Gasteiger partial charge is 0.311 e. The lowest BCUT2D eigenvalue weighted by molar-refractivity contribution is -0.137. The van der Waals surface area contributed by atoms with E-state index < -0.39 is 35.8 Å². The van der Waals surface area contributed by atoms with Crippen LogP contribution in [0.25, 0.3) is 34.2 Å². The van der Waals surface area contributed by atoms with Gasteiger partial charge >= 0.3 is 35.8 Å². The van der Waals surface area contributed by atoms with Gasteiger partial charge in [-0.15, -0.1) is 0 Å². The highest BCUT2D eigenvalue weighted by molar-refractivity contribution is 5.81. The number of hydrogen-bond donors (Lipinski definition) is 0. The molecule has 462 valence electrons. The Morgan fingerprint density at radius 2 is 0.429 bits per heavy atom. The molecule has 3 aromatic carbocycles. The summed E-state index contributed by atoms with van der Waals surface area (Å²) in [4.78, 5) is 95.4. The first-order valence-electron chi connectivity index (χ1n) is 32.3. The Balaban J connectivity index is 1.91. The average molecular weight is 1160 g/mol. The van der Waals surface area contributed by atoms with Crippen molar-refractivity contribution in [2.45, 2.75) is 273 Å². The standard InChI is InChI=1S/C69H99N3O12/c1-7-13-19-25-31-37-61(73)79-55-46-43-52(49-58(55)82-64(76)40-34-28-22-16-10-4)67-70-68(53-44-47-56(80-62(74)38-32-26-20-14-8-2)59(50-53)83-65(77)41-35-29-23-17-11-5)72-69(71-67)54-45-48-57(81-63(75)39-33-27-21-15-9-3)60(51-54)84-66(78)42-36-30-24-18-12-6/h43-51H,7-42H2,1-6H3. The molecule has 0 fully saturated rings. The summed E-state index contributed by atoms with van der Waals surface area (Å²) in [5, 5.41) is 0. The molecular formula is C69H99N3O12. The predicted octanol–water partition coefficient (Wildman–Crippen LogP) is 18.5. The van der Waals surface area contributed by atoms with Crippen molar-refractivity contribution < 1.29 is 57.2 Å². The number of unbranched alkanes of at least 4 members (excludes halogenated alkanes) is 24. The van der Waals surface area contributed by atoms with Crippen LogP contribution in [0.3, 0.4) is 0 Å². The van der Waals surface area contributed by atoms with E-state index in [4.69, 9.17) is 43.4 Å². The van der Waals surface area contributed by atoms with Crippen LogP contribution >= 0.6 is 0 Å². The molecule has 1 heterocycles. The second-order valence-corrected chi connectivity index (χ2v) is 22.1. The molecule has 4 rings (SSSR count). The van der Waals surface area contributed by atoms with Crippen LogP contribution in [0.2, 0.25) is 0 Å². The maximum atomic E-state index is 13.5. The van der Waals surface area contributed by atoms with Crippen LogP contribution in [0.5, 0.6) is 34.5 Å². The fourth-order valence-electron chi connectivity index (χ4n) is 9.48. The third kappa shape index (κ3) is 27.9. The molecule has 0 radical (unpaired) electrons. The van der Waals surface area contributed by atoms with E-state index in [1.807, 2.05) is 0 Å². The zero-order valence-electron chi connectivity index (χ0n) is 51.9.